The fraction of sp³-hybridized carbons (Fsp3) is 1.00. The van der Waals surface area contributed by atoms with E-state index in [0.717, 1.165) is 94.5 Å². The molecule has 474 valence electrons. The van der Waals surface area contributed by atoms with E-state index in [-0.39, 0.29) is 45.1 Å². The van der Waals surface area contributed by atoms with Crippen molar-refractivity contribution in [2.24, 2.45) is 81.7 Å². The molecule has 5 aliphatic rings. The number of hydrogen-bond acceptors (Lipinski definition) is 5. The van der Waals surface area contributed by atoms with Crippen molar-refractivity contribution >= 4 is 0 Å². The number of alkyl halides is 4. The lowest BCUT2D eigenvalue weighted by atomic mass is 9.73. The van der Waals surface area contributed by atoms with Crippen LogP contribution < -0.4 is 11.1 Å². The molecule has 0 spiro atoms. The van der Waals surface area contributed by atoms with Gasteiger partial charge in [0.25, 0.3) is 0 Å². The molecular weight excluding hydrogens is 969 g/mol. The molecule has 1 aliphatic carbocycles. The molecule has 0 aromatic carbocycles. The Morgan fingerprint density at radius 2 is 1.05 bits per heavy atom. The van der Waals surface area contributed by atoms with Gasteiger partial charge < -0.3 is 25.3 Å². The zero-order chi connectivity index (χ0) is 59.0. The van der Waals surface area contributed by atoms with Crippen LogP contribution in [0.25, 0.3) is 0 Å². The van der Waals surface area contributed by atoms with Crippen LogP contribution in [0.3, 0.4) is 0 Å². The molecule has 5 nitrogen and oxygen atoms in total. The first-order valence-corrected chi connectivity index (χ1v) is 31.6. The average molecular weight is 1120 g/mol. The minimum atomic E-state index is -2.44. The van der Waals surface area contributed by atoms with Gasteiger partial charge in [-0.25, -0.2) is 17.6 Å². The SMILES string of the molecule is C.C.CC(C)C1CCCC1.CC(C)CC1(N)COC1.CC(C)[C@@H]1CNC[C@H]1F.CCC(F)(F)CC(C)C.CCC(F)CC(C)C.CCC1(C(C)C)COC1.CCC1(CC(C)C)COC1.CCCC(C)C.CCCCC(C)C. The van der Waals surface area contributed by atoms with Gasteiger partial charge in [0.1, 0.15) is 12.3 Å². The molecule has 77 heavy (non-hydrogen) atoms. The maximum atomic E-state index is 12.8. The molecule has 3 atom stereocenters. The largest absolute Gasteiger partial charge is 0.380 e. The van der Waals surface area contributed by atoms with Gasteiger partial charge in [-0.3, -0.25) is 0 Å². The third-order valence-corrected chi connectivity index (χ3v) is 15.5. The van der Waals surface area contributed by atoms with Gasteiger partial charge in [-0.05, 0) is 97.7 Å². The average Bonchev–Trinajstić information content (AvgIpc) is 3.97. The predicted octanol–water partition coefficient (Wildman–Crippen LogP) is 21.7. The number of hydrogen-bond donors (Lipinski definition) is 2. The van der Waals surface area contributed by atoms with Crippen molar-refractivity contribution in [3.05, 3.63) is 0 Å². The van der Waals surface area contributed by atoms with Crippen LogP contribution in [0, 0.1) is 75.9 Å². The van der Waals surface area contributed by atoms with E-state index in [0.29, 0.717) is 41.5 Å². The first-order valence-electron chi connectivity index (χ1n) is 31.6. The lowest BCUT2D eigenvalue weighted by Crippen LogP contribution is -2.57. The topological polar surface area (TPSA) is 65.7 Å². The summed E-state index contributed by atoms with van der Waals surface area (Å²) in [4.78, 5) is 0. The number of nitrogens with two attached hydrogens (primary N) is 1. The molecule has 5 fully saturated rings. The normalized spacial score (nSPS) is 19.9. The standard InChI is InChI=1S/C9H18O.C8H16O.C8H16.C7H14F2.C7H14FN.C7H15F.C7H15NO.C7H16.C6H14.2CH4/c1-4-9(5-8(2)3)6-10-7-9;1-4-8(7(2)3)5-9-6-8;1-7(2)8-5-3-4-6-8;1-4-7(8,9)5-6(2)3;1-5(2)6-3-9-4-7(6)8;1-4-7(8)5-6(2)3;1-6(2)3-7(8)4-9-5-7;1-4-5-6-7(2)3;1-4-5-6(2)3;;/h8H,4-7H2,1-3H3;7H,4-6H2,1-3H3;7-8H,3-6H2,1-2H3;6H,4-5H2,1-3H3;5-7,9H,3-4H2,1-2H3;6-7H,4-5H2,1-3H3;6H,3-5,8H2,1-2H3;7H,4-6H2,1-3H3;6H,4-5H2,1-3H3;2*1H4/t;;;;6-,7+;;;;;;/m....0....../s1. The maximum Gasteiger partial charge on any atom is 0.248 e. The smallest absolute Gasteiger partial charge is 0.248 e. The second-order valence-electron chi connectivity index (χ2n) is 27.3. The van der Waals surface area contributed by atoms with Gasteiger partial charge in [-0.1, -0.05) is 239 Å². The van der Waals surface area contributed by atoms with Gasteiger partial charge in [0.2, 0.25) is 5.92 Å². The number of halogens is 4. The lowest BCUT2D eigenvalue weighted by Gasteiger charge is -2.44. The highest BCUT2D eigenvalue weighted by Gasteiger charge is 2.39. The highest BCUT2D eigenvalue weighted by Crippen LogP contribution is 2.39. The molecule has 3 N–H and O–H groups in total. The van der Waals surface area contributed by atoms with E-state index in [4.69, 9.17) is 19.9 Å². The molecule has 0 aromatic rings. The second-order valence-corrected chi connectivity index (χ2v) is 27.3. The fourth-order valence-electron chi connectivity index (χ4n) is 9.88. The zero-order valence-electron chi connectivity index (χ0n) is 55.0. The third kappa shape index (κ3) is 48.7. The van der Waals surface area contributed by atoms with Gasteiger partial charge in [0, 0.05) is 42.7 Å². The van der Waals surface area contributed by atoms with Crippen molar-refractivity contribution in [3.63, 3.8) is 0 Å². The van der Waals surface area contributed by atoms with Crippen molar-refractivity contribution in [1.82, 2.24) is 5.32 Å². The summed E-state index contributed by atoms with van der Waals surface area (Å²) in [6.07, 6.45) is 18.0. The first-order chi connectivity index (χ1) is 34.7. The second kappa shape index (κ2) is 50.1. The van der Waals surface area contributed by atoms with E-state index in [1.54, 1.807) is 0 Å². The van der Waals surface area contributed by atoms with Crippen molar-refractivity contribution in [1.29, 1.82) is 0 Å². The van der Waals surface area contributed by atoms with Crippen LogP contribution in [0.4, 0.5) is 17.6 Å². The molecule has 9 heteroatoms. The molecule has 4 saturated heterocycles. The van der Waals surface area contributed by atoms with Crippen molar-refractivity contribution < 1.29 is 31.8 Å². The Balaban J connectivity index is -0.000000184. The van der Waals surface area contributed by atoms with Crippen LogP contribution in [-0.2, 0) is 14.2 Å². The molecule has 1 unspecified atom stereocenters. The summed E-state index contributed by atoms with van der Waals surface area (Å²) in [6.45, 7) is 58.4. The summed E-state index contributed by atoms with van der Waals surface area (Å²) < 4.78 is 65.4. The van der Waals surface area contributed by atoms with Crippen molar-refractivity contribution in [2.75, 3.05) is 52.7 Å². The van der Waals surface area contributed by atoms with Gasteiger partial charge in [0.15, 0.2) is 0 Å². The van der Waals surface area contributed by atoms with E-state index in [1.165, 1.54) is 84.0 Å². The highest BCUT2D eigenvalue weighted by molar-refractivity contribution is 4.91. The minimum absolute atomic E-state index is 0. The maximum absolute atomic E-state index is 12.8. The van der Waals surface area contributed by atoms with Crippen LogP contribution >= 0.6 is 0 Å². The minimum Gasteiger partial charge on any atom is -0.380 e. The Bertz CT molecular complexity index is 1180. The Morgan fingerprint density at radius 3 is 1.17 bits per heavy atom. The van der Waals surface area contributed by atoms with E-state index in [2.05, 4.69) is 130 Å². The Hall–Kier alpha value is -0.480. The number of nitrogens with one attached hydrogen (secondary N) is 1. The van der Waals surface area contributed by atoms with Crippen molar-refractivity contribution in [3.8, 4) is 0 Å². The summed E-state index contributed by atoms with van der Waals surface area (Å²) in [5, 5.41) is 3.03. The van der Waals surface area contributed by atoms with E-state index >= 15 is 0 Å². The van der Waals surface area contributed by atoms with Crippen LogP contribution in [-0.4, -0.2) is 76.5 Å². The fourth-order valence-corrected chi connectivity index (χ4v) is 9.88. The zero-order valence-corrected chi connectivity index (χ0v) is 55.0. The number of ether oxygens (including phenoxy) is 3. The Kier molecular flexibility index (Phi) is 57.1. The molecule has 0 bridgehead atoms. The third-order valence-electron chi connectivity index (χ3n) is 15.5. The number of rotatable bonds is 20. The van der Waals surface area contributed by atoms with Crippen LogP contribution in [0.15, 0.2) is 0 Å². The van der Waals surface area contributed by atoms with Gasteiger partial charge in [-0.15, -0.1) is 0 Å². The van der Waals surface area contributed by atoms with E-state index < -0.39 is 18.3 Å². The number of unbranched alkanes of at least 4 members (excludes halogenated alkanes) is 1. The van der Waals surface area contributed by atoms with Crippen LogP contribution in [0.2, 0.25) is 0 Å². The van der Waals surface area contributed by atoms with E-state index in [9.17, 15) is 17.6 Å². The van der Waals surface area contributed by atoms with Gasteiger partial charge in [0.05, 0.1) is 45.2 Å². The van der Waals surface area contributed by atoms with Gasteiger partial charge >= 0.3 is 0 Å². The van der Waals surface area contributed by atoms with Crippen LogP contribution in [0.5, 0.6) is 0 Å². The molecular formula is C68H146F4N2O3. The molecule has 1 saturated carbocycles. The van der Waals surface area contributed by atoms with Crippen LogP contribution in [0.1, 0.15) is 290 Å². The molecule has 0 radical (unpaired) electrons. The monoisotopic (exact) mass is 1120 g/mol. The molecule has 4 heterocycles. The predicted molar refractivity (Wildman–Crippen MR) is 338 cm³/mol. The quantitative estimate of drug-likeness (QED) is 0.119. The molecule has 0 aromatic heterocycles. The summed E-state index contributed by atoms with van der Waals surface area (Å²) in [6, 6.07) is 0. The van der Waals surface area contributed by atoms with E-state index in [1.807, 2.05) is 34.6 Å². The summed E-state index contributed by atoms with van der Waals surface area (Å²) in [5.74, 6) is 5.01. The summed E-state index contributed by atoms with van der Waals surface area (Å²) in [7, 11) is 0. The molecule has 0 amide bonds. The highest BCUT2D eigenvalue weighted by atomic mass is 19.3. The molecule has 4 aliphatic heterocycles. The Morgan fingerprint density at radius 1 is 0.571 bits per heavy atom. The lowest BCUT2D eigenvalue weighted by molar-refractivity contribution is -0.140. The molecule has 5 rings (SSSR count). The summed E-state index contributed by atoms with van der Waals surface area (Å²) >= 11 is 0. The van der Waals surface area contributed by atoms with Crippen molar-refractivity contribution in [2.45, 2.75) is 314 Å². The van der Waals surface area contributed by atoms with Gasteiger partial charge in [-0.2, -0.15) is 0 Å². The first kappa shape index (κ1) is 87.8. The summed E-state index contributed by atoms with van der Waals surface area (Å²) in [5.41, 5.74) is 7.01. The Labute approximate surface area is 483 Å².